The Morgan fingerprint density at radius 2 is 1.93 bits per heavy atom. The van der Waals surface area contributed by atoms with Gasteiger partial charge in [-0.1, -0.05) is 34.6 Å². The molecule has 0 aliphatic rings. The van der Waals surface area contributed by atoms with Gasteiger partial charge in [0.15, 0.2) is 0 Å². The summed E-state index contributed by atoms with van der Waals surface area (Å²) in [6.07, 6.45) is 0. The number of benzene rings is 1. The minimum Gasteiger partial charge on any atom is -0.350 e. The molecule has 1 amide bonds. The summed E-state index contributed by atoms with van der Waals surface area (Å²) >= 11 is 3.37. The maximum absolute atomic E-state index is 10.9. The summed E-state index contributed by atoms with van der Waals surface area (Å²) in [7, 11) is 0. The molecule has 0 unspecified atom stereocenters. The summed E-state index contributed by atoms with van der Waals surface area (Å²) in [5.41, 5.74) is 1.96. The van der Waals surface area contributed by atoms with Crippen molar-refractivity contribution in [2.24, 2.45) is 0 Å². The molecule has 0 aliphatic heterocycles. The highest BCUT2D eigenvalue weighted by Gasteiger charge is 2.09. The predicted molar refractivity (Wildman–Crippen MR) is 66.5 cm³/mol. The zero-order chi connectivity index (χ0) is 11.4. The van der Waals surface area contributed by atoms with E-state index in [1.54, 1.807) is 0 Å². The molecule has 2 nitrogen and oxygen atoms in total. The maximum Gasteiger partial charge on any atom is 0.217 e. The Bertz CT molecular complexity index is 370. The van der Waals surface area contributed by atoms with E-state index in [0.717, 1.165) is 15.6 Å². The van der Waals surface area contributed by atoms with Crippen molar-refractivity contribution in [3.63, 3.8) is 0 Å². The van der Waals surface area contributed by atoms with Gasteiger partial charge < -0.3 is 5.32 Å². The maximum atomic E-state index is 10.9. The van der Waals surface area contributed by atoms with E-state index in [0.29, 0.717) is 0 Å². The fraction of sp³-hybridized carbons (Fsp3) is 0.250. The van der Waals surface area contributed by atoms with Gasteiger partial charge in [-0.25, -0.2) is 0 Å². The molecule has 0 aromatic heterocycles. The SMILES string of the molecule is C=C(c1ccc(Br)cc1)[C@@H](C)NC(C)=O. The van der Waals surface area contributed by atoms with E-state index in [2.05, 4.69) is 27.8 Å². The summed E-state index contributed by atoms with van der Waals surface area (Å²) < 4.78 is 1.03. The molecule has 1 rings (SSSR count). The molecule has 0 heterocycles. The third kappa shape index (κ3) is 3.51. The van der Waals surface area contributed by atoms with E-state index >= 15 is 0 Å². The van der Waals surface area contributed by atoms with E-state index in [1.165, 1.54) is 6.92 Å². The van der Waals surface area contributed by atoms with Gasteiger partial charge in [-0.05, 0) is 30.2 Å². The largest absolute Gasteiger partial charge is 0.350 e. The average Bonchev–Trinajstić information content (AvgIpc) is 2.17. The molecule has 3 heteroatoms. The van der Waals surface area contributed by atoms with Crippen LogP contribution in [0.1, 0.15) is 19.4 Å². The van der Waals surface area contributed by atoms with Crippen molar-refractivity contribution in [1.29, 1.82) is 0 Å². The predicted octanol–water partition coefficient (Wildman–Crippen LogP) is 2.99. The lowest BCUT2D eigenvalue weighted by Crippen LogP contribution is -2.31. The molecule has 0 saturated heterocycles. The fourth-order valence-corrected chi connectivity index (χ4v) is 1.57. The molecule has 1 aromatic carbocycles. The van der Waals surface area contributed by atoms with Crippen LogP contribution >= 0.6 is 15.9 Å². The van der Waals surface area contributed by atoms with Crippen molar-refractivity contribution >= 4 is 27.4 Å². The summed E-state index contributed by atoms with van der Waals surface area (Å²) in [6.45, 7) is 7.41. The molecule has 0 fully saturated rings. The third-order valence-corrected chi connectivity index (χ3v) is 2.69. The molecule has 80 valence electrons. The van der Waals surface area contributed by atoms with Crippen LogP contribution in [0.2, 0.25) is 0 Å². The fourth-order valence-electron chi connectivity index (χ4n) is 1.31. The van der Waals surface area contributed by atoms with Gasteiger partial charge in [0.25, 0.3) is 0 Å². The number of carbonyl (C=O) groups is 1. The van der Waals surface area contributed by atoms with Gasteiger partial charge in [-0.15, -0.1) is 0 Å². The second kappa shape index (κ2) is 5.12. The first kappa shape index (κ1) is 12.0. The molecular weight excluding hydrogens is 254 g/mol. The molecular formula is C12H14BrNO. The van der Waals surface area contributed by atoms with Crippen LogP contribution in [0.15, 0.2) is 35.3 Å². The molecule has 0 aliphatic carbocycles. The normalized spacial score (nSPS) is 11.9. The second-order valence-corrected chi connectivity index (χ2v) is 4.37. The zero-order valence-electron chi connectivity index (χ0n) is 8.88. The number of amides is 1. The smallest absolute Gasteiger partial charge is 0.217 e. The molecule has 0 spiro atoms. The number of hydrogen-bond donors (Lipinski definition) is 1. The highest BCUT2D eigenvalue weighted by Crippen LogP contribution is 2.19. The highest BCUT2D eigenvalue weighted by molar-refractivity contribution is 9.10. The second-order valence-electron chi connectivity index (χ2n) is 3.45. The third-order valence-electron chi connectivity index (χ3n) is 2.16. The quantitative estimate of drug-likeness (QED) is 0.897. The molecule has 1 aromatic rings. The Balaban J connectivity index is 2.76. The average molecular weight is 268 g/mol. The van der Waals surface area contributed by atoms with E-state index in [9.17, 15) is 4.79 Å². The zero-order valence-corrected chi connectivity index (χ0v) is 10.5. The number of carbonyl (C=O) groups excluding carboxylic acids is 1. The first-order chi connectivity index (χ1) is 7.00. The summed E-state index contributed by atoms with van der Waals surface area (Å²) in [5, 5.41) is 2.81. The molecule has 0 bridgehead atoms. The van der Waals surface area contributed by atoms with E-state index < -0.39 is 0 Å². The van der Waals surface area contributed by atoms with Crippen LogP contribution in [0.4, 0.5) is 0 Å². The Morgan fingerprint density at radius 3 is 2.40 bits per heavy atom. The molecule has 15 heavy (non-hydrogen) atoms. The monoisotopic (exact) mass is 267 g/mol. The topological polar surface area (TPSA) is 29.1 Å². The van der Waals surface area contributed by atoms with E-state index in [-0.39, 0.29) is 11.9 Å². The molecule has 1 atom stereocenters. The van der Waals surface area contributed by atoms with Crippen molar-refractivity contribution in [2.45, 2.75) is 19.9 Å². The number of hydrogen-bond acceptors (Lipinski definition) is 1. The Hall–Kier alpha value is -1.09. The summed E-state index contributed by atoms with van der Waals surface area (Å²) in [6, 6.07) is 7.83. The first-order valence-corrected chi connectivity index (χ1v) is 5.52. The van der Waals surface area contributed by atoms with Crippen LogP contribution in [0, 0.1) is 0 Å². The standard InChI is InChI=1S/C12H14BrNO/c1-8(9(2)14-10(3)15)11-4-6-12(13)7-5-11/h4-7,9H,1H2,2-3H3,(H,14,15)/t9-/m1/s1. The number of rotatable bonds is 3. The van der Waals surface area contributed by atoms with Gasteiger partial charge in [0.05, 0.1) is 6.04 Å². The lowest BCUT2D eigenvalue weighted by molar-refractivity contribution is -0.119. The molecule has 1 N–H and O–H groups in total. The van der Waals surface area contributed by atoms with Crippen molar-refractivity contribution in [1.82, 2.24) is 5.32 Å². The summed E-state index contributed by atoms with van der Waals surface area (Å²) in [4.78, 5) is 10.9. The van der Waals surface area contributed by atoms with Crippen LogP contribution in [-0.2, 0) is 4.79 Å². The van der Waals surface area contributed by atoms with Crippen LogP contribution < -0.4 is 5.32 Å². The van der Waals surface area contributed by atoms with Crippen molar-refractivity contribution in [2.75, 3.05) is 0 Å². The lowest BCUT2D eigenvalue weighted by Gasteiger charge is -2.15. The van der Waals surface area contributed by atoms with Gasteiger partial charge in [0.1, 0.15) is 0 Å². The van der Waals surface area contributed by atoms with Crippen LogP contribution in [0.3, 0.4) is 0 Å². The Labute approximate surface area is 98.5 Å². The Kier molecular flexibility index (Phi) is 4.09. The minimum atomic E-state index is -0.0410. The highest BCUT2D eigenvalue weighted by atomic mass is 79.9. The van der Waals surface area contributed by atoms with Crippen LogP contribution in [-0.4, -0.2) is 11.9 Å². The van der Waals surface area contributed by atoms with Gasteiger partial charge in [-0.3, -0.25) is 4.79 Å². The van der Waals surface area contributed by atoms with Crippen molar-refractivity contribution in [3.8, 4) is 0 Å². The lowest BCUT2D eigenvalue weighted by atomic mass is 10.0. The minimum absolute atomic E-state index is 0.0383. The van der Waals surface area contributed by atoms with Crippen LogP contribution in [0.25, 0.3) is 5.57 Å². The first-order valence-electron chi connectivity index (χ1n) is 4.72. The number of nitrogens with one attached hydrogen (secondary N) is 1. The van der Waals surface area contributed by atoms with E-state index in [1.807, 2.05) is 31.2 Å². The Morgan fingerprint density at radius 1 is 1.40 bits per heavy atom. The van der Waals surface area contributed by atoms with Gasteiger partial charge >= 0.3 is 0 Å². The van der Waals surface area contributed by atoms with Gasteiger partial charge in [0, 0.05) is 11.4 Å². The van der Waals surface area contributed by atoms with Crippen LogP contribution in [0.5, 0.6) is 0 Å². The number of halogens is 1. The molecule has 0 radical (unpaired) electrons. The summed E-state index contributed by atoms with van der Waals surface area (Å²) in [5.74, 6) is -0.0410. The van der Waals surface area contributed by atoms with Gasteiger partial charge in [-0.2, -0.15) is 0 Å². The van der Waals surface area contributed by atoms with Crippen molar-refractivity contribution < 1.29 is 4.79 Å². The van der Waals surface area contributed by atoms with Crippen molar-refractivity contribution in [3.05, 3.63) is 40.9 Å². The van der Waals surface area contributed by atoms with E-state index in [4.69, 9.17) is 0 Å². The molecule has 0 saturated carbocycles. The van der Waals surface area contributed by atoms with Gasteiger partial charge in [0.2, 0.25) is 5.91 Å².